The molecule has 108 valence electrons. The van der Waals surface area contributed by atoms with E-state index in [4.69, 9.17) is 0 Å². The molecule has 2 aromatic heterocycles. The van der Waals surface area contributed by atoms with Gasteiger partial charge in [-0.25, -0.2) is 0 Å². The lowest BCUT2D eigenvalue weighted by atomic mass is 10.1. The largest absolute Gasteiger partial charge is 0.306 e. The van der Waals surface area contributed by atoms with Crippen LogP contribution in [-0.2, 0) is 6.54 Å². The molecule has 4 nitrogen and oxygen atoms in total. The fourth-order valence-electron chi connectivity index (χ4n) is 2.05. The van der Waals surface area contributed by atoms with Crippen molar-refractivity contribution in [1.82, 2.24) is 20.5 Å². The van der Waals surface area contributed by atoms with Crippen molar-refractivity contribution in [1.29, 1.82) is 0 Å². The van der Waals surface area contributed by atoms with Crippen LogP contribution in [0.3, 0.4) is 0 Å². The zero-order chi connectivity index (χ0) is 14.9. The number of aromatic nitrogens is 3. The molecule has 0 radical (unpaired) electrons. The van der Waals surface area contributed by atoms with Gasteiger partial charge in [-0.2, -0.15) is 0 Å². The molecule has 0 bridgehead atoms. The van der Waals surface area contributed by atoms with E-state index in [0.717, 1.165) is 33.0 Å². The van der Waals surface area contributed by atoms with Crippen LogP contribution >= 0.6 is 11.3 Å². The van der Waals surface area contributed by atoms with Gasteiger partial charge in [0.05, 0.1) is 12.1 Å². The molecule has 2 heterocycles. The summed E-state index contributed by atoms with van der Waals surface area (Å²) in [5.41, 5.74) is 2.10. The lowest BCUT2D eigenvalue weighted by Gasteiger charge is -2.19. The predicted molar refractivity (Wildman–Crippen MR) is 87.2 cm³/mol. The van der Waals surface area contributed by atoms with Crippen LogP contribution in [0.15, 0.2) is 36.5 Å². The maximum atomic E-state index is 4.48. The van der Waals surface area contributed by atoms with Crippen molar-refractivity contribution in [3.8, 4) is 10.6 Å². The minimum absolute atomic E-state index is 0.0762. The molecule has 0 saturated heterocycles. The Labute approximate surface area is 128 Å². The summed E-state index contributed by atoms with van der Waals surface area (Å²) in [5.74, 6) is 0. The second-order valence-electron chi connectivity index (χ2n) is 5.99. The van der Waals surface area contributed by atoms with E-state index in [-0.39, 0.29) is 5.54 Å². The molecule has 0 aliphatic heterocycles. The highest BCUT2D eigenvalue weighted by Crippen LogP contribution is 2.29. The van der Waals surface area contributed by atoms with Gasteiger partial charge in [-0.05, 0) is 32.9 Å². The number of hydrogen-bond acceptors (Lipinski definition) is 5. The average Bonchev–Trinajstić information content (AvgIpc) is 2.92. The van der Waals surface area contributed by atoms with E-state index in [1.165, 1.54) is 0 Å². The summed E-state index contributed by atoms with van der Waals surface area (Å²) in [4.78, 5) is 4.48. The number of hydrogen-bond donors (Lipinski definition) is 1. The molecule has 0 spiro atoms. The van der Waals surface area contributed by atoms with Crippen LogP contribution in [0.2, 0.25) is 0 Å². The predicted octanol–water partition coefficient (Wildman–Crippen LogP) is 3.64. The highest BCUT2D eigenvalue weighted by Gasteiger charge is 2.13. The molecule has 1 aromatic carbocycles. The van der Waals surface area contributed by atoms with Gasteiger partial charge in [-0.15, -0.1) is 10.2 Å². The smallest absolute Gasteiger partial charge is 0.150 e. The van der Waals surface area contributed by atoms with Crippen molar-refractivity contribution < 1.29 is 0 Å². The monoisotopic (exact) mass is 298 g/mol. The van der Waals surface area contributed by atoms with E-state index in [1.54, 1.807) is 11.3 Å². The van der Waals surface area contributed by atoms with Crippen LogP contribution in [0, 0.1) is 0 Å². The molecule has 0 atom stereocenters. The van der Waals surface area contributed by atoms with Crippen molar-refractivity contribution in [2.45, 2.75) is 32.9 Å². The van der Waals surface area contributed by atoms with Crippen LogP contribution in [-0.4, -0.2) is 20.7 Å². The Balaban J connectivity index is 1.92. The topological polar surface area (TPSA) is 50.7 Å². The molecule has 0 saturated carbocycles. The van der Waals surface area contributed by atoms with Gasteiger partial charge in [-0.3, -0.25) is 4.98 Å². The lowest BCUT2D eigenvalue weighted by molar-refractivity contribution is 0.423. The van der Waals surface area contributed by atoms with Gasteiger partial charge in [-0.1, -0.05) is 29.5 Å². The Morgan fingerprint density at radius 3 is 2.71 bits per heavy atom. The molecule has 0 unspecified atom stereocenters. The number of nitrogens with one attached hydrogen (secondary N) is 1. The van der Waals surface area contributed by atoms with Gasteiger partial charge in [0.2, 0.25) is 0 Å². The Hall–Kier alpha value is -1.85. The van der Waals surface area contributed by atoms with Crippen molar-refractivity contribution >= 4 is 22.2 Å². The van der Waals surface area contributed by atoms with E-state index in [0.29, 0.717) is 0 Å². The fraction of sp³-hybridized carbons (Fsp3) is 0.312. The molecule has 5 heteroatoms. The Morgan fingerprint density at radius 1 is 1.10 bits per heavy atom. The van der Waals surface area contributed by atoms with Gasteiger partial charge in [0.15, 0.2) is 0 Å². The molecule has 0 amide bonds. The molecule has 0 aliphatic carbocycles. The maximum absolute atomic E-state index is 4.48. The van der Waals surface area contributed by atoms with Gasteiger partial charge < -0.3 is 5.32 Å². The third-order valence-corrected chi connectivity index (χ3v) is 4.06. The number of rotatable bonds is 3. The number of pyridine rings is 1. The normalized spacial score (nSPS) is 12.0. The Morgan fingerprint density at radius 2 is 1.90 bits per heavy atom. The average molecular weight is 298 g/mol. The first-order chi connectivity index (χ1) is 10.0. The van der Waals surface area contributed by atoms with Gasteiger partial charge in [0, 0.05) is 22.7 Å². The lowest BCUT2D eigenvalue weighted by Crippen LogP contribution is -2.35. The molecule has 1 N–H and O–H groups in total. The molecule has 0 aliphatic rings. The van der Waals surface area contributed by atoms with Gasteiger partial charge in [0.1, 0.15) is 10.0 Å². The van der Waals surface area contributed by atoms with Gasteiger partial charge in [0.25, 0.3) is 0 Å². The van der Waals surface area contributed by atoms with Crippen LogP contribution in [0.1, 0.15) is 25.8 Å². The Kier molecular flexibility index (Phi) is 3.69. The molecule has 3 rings (SSSR count). The third kappa shape index (κ3) is 3.25. The summed E-state index contributed by atoms with van der Waals surface area (Å²) in [6.45, 7) is 7.16. The van der Waals surface area contributed by atoms with E-state index >= 15 is 0 Å². The van der Waals surface area contributed by atoms with E-state index in [1.807, 2.05) is 18.3 Å². The summed E-state index contributed by atoms with van der Waals surface area (Å²) < 4.78 is 0. The van der Waals surface area contributed by atoms with Crippen molar-refractivity contribution in [3.05, 3.63) is 41.5 Å². The second kappa shape index (κ2) is 5.50. The number of nitrogens with zero attached hydrogens (tertiary/aromatic N) is 3. The molecular formula is C16H18N4S. The second-order valence-corrected chi connectivity index (χ2v) is 7.05. The molecular weight excluding hydrogens is 280 g/mol. The standard InChI is InChI=1S/C16H18N4S/c1-16(2,3)18-10-13-19-20-15(21-13)12-8-4-6-11-7-5-9-17-14(11)12/h4-9,18H,10H2,1-3H3. The molecule has 0 fully saturated rings. The van der Waals surface area contributed by atoms with Crippen molar-refractivity contribution in [2.24, 2.45) is 0 Å². The number of fused-ring (bicyclic) bond motifs is 1. The van der Waals surface area contributed by atoms with Crippen molar-refractivity contribution in [2.75, 3.05) is 0 Å². The highest BCUT2D eigenvalue weighted by atomic mass is 32.1. The molecule has 3 aromatic rings. The third-order valence-electron chi connectivity index (χ3n) is 3.10. The zero-order valence-electron chi connectivity index (χ0n) is 12.4. The van der Waals surface area contributed by atoms with Crippen molar-refractivity contribution in [3.63, 3.8) is 0 Å². The summed E-state index contributed by atoms with van der Waals surface area (Å²) >= 11 is 1.62. The van der Waals surface area contributed by atoms with E-state index < -0.39 is 0 Å². The first kappa shape index (κ1) is 14.1. The van der Waals surface area contributed by atoms with Crippen LogP contribution < -0.4 is 5.32 Å². The van der Waals surface area contributed by atoms with Crippen LogP contribution in [0.4, 0.5) is 0 Å². The fourth-order valence-corrected chi connectivity index (χ4v) is 2.86. The number of para-hydroxylation sites is 1. The minimum Gasteiger partial charge on any atom is -0.306 e. The van der Waals surface area contributed by atoms with Gasteiger partial charge >= 0.3 is 0 Å². The first-order valence-corrected chi connectivity index (χ1v) is 7.76. The summed E-state index contributed by atoms with van der Waals surface area (Å²) in [5, 5.41) is 15.1. The maximum Gasteiger partial charge on any atom is 0.150 e. The van der Waals surface area contributed by atoms with Crippen LogP contribution in [0.25, 0.3) is 21.5 Å². The highest BCUT2D eigenvalue weighted by molar-refractivity contribution is 7.14. The summed E-state index contributed by atoms with van der Waals surface area (Å²) in [6.07, 6.45) is 1.81. The van der Waals surface area contributed by atoms with E-state index in [2.05, 4.69) is 59.5 Å². The molecule has 21 heavy (non-hydrogen) atoms. The minimum atomic E-state index is 0.0762. The summed E-state index contributed by atoms with van der Waals surface area (Å²) in [6, 6.07) is 10.2. The summed E-state index contributed by atoms with van der Waals surface area (Å²) in [7, 11) is 0. The zero-order valence-corrected chi connectivity index (χ0v) is 13.2. The quantitative estimate of drug-likeness (QED) is 0.802. The SMILES string of the molecule is CC(C)(C)NCc1nnc(-c2cccc3cccnc23)s1. The number of benzene rings is 1. The van der Waals surface area contributed by atoms with Crippen LogP contribution in [0.5, 0.6) is 0 Å². The first-order valence-electron chi connectivity index (χ1n) is 6.94. The Bertz CT molecular complexity index is 753. The van der Waals surface area contributed by atoms with E-state index in [9.17, 15) is 0 Å².